The minimum atomic E-state index is -0.696. The molecule has 3 aliphatic rings. The zero-order valence-corrected chi connectivity index (χ0v) is 54.7. The molecule has 0 spiro atoms. The smallest absolute Gasteiger partial charge is 0.407 e. The molecule has 1 aromatic heterocycles. The maximum absolute atomic E-state index is 15.4. The Morgan fingerprint density at radius 3 is 1.12 bits per heavy atom. The molecule has 3 fully saturated rings. The van der Waals surface area contributed by atoms with Gasteiger partial charge in [-0.25, -0.2) is 42.5 Å². The molecule has 5 rings (SSSR count). The predicted octanol–water partition coefficient (Wildman–Crippen LogP) is 12.5. The number of carbonyl (C=O) groups excluding carboxylic acids is 3. The Hall–Kier alpha value is -4.64. The van der Waals surface area contributed by atoms with E-state index < -0.39 is 63.8 Å². The van der Waals surface area contributed by atoms with Crippen molar-refractivity contribution < 1.29 is 38.8 Å². The van der Waals surface area contributed by atoms with Gasteiger partial charge in [0.25, 0.3) is 0 Å². The van der Waals surface area contributed by atoms with Crippen molar-refractivity contribution in [3.05, 3.63) is 67.3 Å². The van der Waals surface area contributed by atoms with E-state index in [4.69, 9.17) is 14.2 Å². The van der Waals surface area contributed by atoms with Crippen LogP contribution in [-0.2, 0) is 40.5 Å². The van der Waals surface area contributed by atoms with Crippen LogP contribution in [0.2, 0.25) is 0 Å². The lowest BCUT2D eigenvalue weighted by Gasteiger charge is -2.48. The van der Waals surface area contributed by atoms with Crippen molar-refractivity contribution in [1.29, 1.82) is 0 Å². The molecule has 1 aromatic carbocycles. The van der Waals surface area contributed by atoms with Crippen molar-refractivity contribution in [2.24, 2.45) is 56.2 Å². The van der Waals surface area contributed by atoms with Crippen LogP contribution in [0.1, 0.15) is 231 Å². The van der Waals surface area contributed by atoms with Gasteiger partial charge in [-0.1, -0.05) is 173 Å². The molecule has 84 heavy (non-hydrogen) atoms. The summed E-state index contributed by atoms with van der Waals surface area (Å²) in [6.07, 6.45) is 10.9. The third-order valence-electron chi connectivity index (χ3n) is 19.1. The van der Waals surface area contributed by atoms with Crippen LogP contribution in [0.15, 0.2) is 44.7 Å². The maximum Gasteiger partial charge on any atom is 0.407 e. The minimum absolute atomic E-state index is 0.00722. The van der Waals surface area contributed by atoms with Gasteiger partial charge in [-0.3, -0.25) is 0 Å². The Kier molecular flexibility index (Phi) is 25.3. The van der Waals surface area contributed by atoms with Crippen LogP contribution in [0.5, 0.6) is 0 Å². The Morgan fingerprint density at radius 1 is 0.500 bits per heavy atom. The molecule has 12 unspecified atom stereocenters. The number of alkyl carbamates (subject to hydrolysis) is 3. The zero-order chi connectivity index (χ0) is 62.4. The summed E-state index contributed by atoms with van der Waals surface area (Å²) in [7, 11) is 0. The van der Waals surface area contributed by atoms with Gasteiger partial charge < -0.3 is 40.4 Å². The topological polar surface area (TPSA) is 221 Å². The SMILES string of the molecule is CCCC(O)C(CC)CC(CC)COC(=O)NC1CC(C)(C)CC(C)(Cn2c(=O)n(CC3(C)CC(NC(=O)OCc4ccccc4)CC(C)(C)C3)c(=O)n(CC3(C)CC(NC(=O)OCC(CC)CC(CC)C(O)CCC)CC(C)(C)C3)c2=O)C1. The van der Waals surface area contributed by atoms with E-state index in [1.807, 2.05) is 37.3 Å². The Labute approximate surface area is 503 Å². The lowest BCUT2D eigenvalue weighted by Crippen LogP contribution is -2.60. The van der Waals surface area contributed by atoms with Gasteiger partial charge in [0.05, 0.1) is 25.4 Å². The molecule has 0 bridgehead atoms. The number of hydrogen-bond donors (Lipinski definition) is 5. The number of nitrogens with zero attached hydrogens (tertiary/aromatic N) is 3. The van der Waals surface area contributed by atoms with E-state index in [1.165, 1.54) is 13.7 Å². The lowest BCUT2D eigenvalue weighted by molar-refractivity contribution is 0.0377. The molecular formula is C67H114N6O11. The van der Waals surface area contributed by atoms with E-state index in [0.29, 0.717) is 57.8 Å². The fraction of sp³-hybridized carbons (Fsp3) is 0.821. The highest BCUT2D eigenvalue weighted by Crippen LogP contribution is 2.49. The van der Waals surface area contributed by atoms with E-state index in [1.54, 1.807) is 0 Å². The summed E-state index contributed by atoms with van der Waals surface area (Å²) in [6, 6.07) is 8.47. The molecule has 3 saturated carbocycles. The second-order valence-electron chi connectivity index (χ2n) is 30.1. The van der Waals surface area contributed by atoms with Gasteiger partial charge in [0.15, 0.2) is 0 Å². The first-order chi connectivity index (χ1) is 39.3. The van der Waals surface area contributed by atoms with Gasteiger partial charge >= 0.3 is 35.3 Å². The van der Waals surface area contributed by atoms with Crippen LogP contribution >= 0.6 is 0 Å². The number of nitrogens with one attached hydrogen (secondary N) is 3. The minimum Gasteiger partial charge on any atom is -0.449 e. The Bertz CT molecular complexity index is 2490. The number of carbonyl (C=O) groups is 3. The number of amides is 3. The molecule has 17 heteroatoms. The summed E-state index contributed by atoms with van der Waals surface area (Å²) in [6.45, 7) is 32.0. The second-order valence-corrected chi connectivity index (χ2v) is 30.1. The van der Waals surface area contributed by atoms with Crippen molar-refractivity contribution in [1.82, 2.24) is 29.7 Å². The first kappa shape index (κ1) is 70.1. The third-order valence-corrected chi connectivity index (χ3v) is 19.1. The average molecular weight is 1180 g/mol. The fourth-order valence-electron chi connectivity index (χ4n) is 16.4. The Balaban J connectivity index is 1.46. The van der Waals surface area contributed by atoms with Gasteiger partial charge in [-0.15, -0.1) is 0 Å². The maximum atomic E-state index is 15.4. The van der Waals surface area contributed by atoms with Crippen molar-refractivity contribution in [3.8, 4) is 0 Å². The van der Waals surface area contributed by atoms with Crippen LogP contribution in [-0.4, -0.2) is 85.7 Å². The highest BCUT2D eigenvalue weighted by atomic mass is 16.6. The molecule has 478 valence electrons. The number of aliphatic hydroxyl groups excluding tert-OH is 2. The van der Waals surface area contributed by atoms with E-state index >= 15 is 14.4 Å². The lowest BCUT2D eigenvalue weighted by atomic mass is 9.62. The normalized spacial score (nSPS) is 26.8. The number of hydrogen-bond acceptors (Lipinski definition) is 11. The number of rotatable bonds is 29. The van der Waals surface area contributed by atoms with Crippen LogP contribution in [0.3, 0.4) is 0 Å². The average Bonchev–Trinajstić information content (AvgIpc) is 0.948. The molecule has 3 aliphatic carbocycles. The van der Waals surface area contributed by atoms with Crippen LogP contribution in [0.4, 0.5) is 14.4 Å². The van der Waals surface area contributed by atoms with E-state index in [-0.39, 0.29) is 97.5 Å². The van der Waals surface area contributed by atoms with Gasteiger partial charge in [0, 0.05) is 37.8 Å². The summed E-state index contributed by atoms with van der Waals surface area (Å²) in [5, 5.41) is 31.0. The second kappa shape index (κ2) is 30.3. The molecule has 5 N–H and O–H groups in total. The fourth-order valence-corrected chi connectivity index (χ4v) is 16.4. The molecule has 2 aromatic rings. The molecule has 0 aliphatic heterocycles. The quantitative estimate of drug-likeness (QED) is 0.0482. The van der Waals surface area contributed by atoms with Gasteiger partial charge in [0.1, 0.15) is 6.61 Å². The van der Waals surface area contributed by atoms with E-state index in [9.17, 15) is 24.6 Å². The number of benzene rings is 1. The predicted molar refractivity (Wildman–Crippen MR) is 333 cm³/mol. The summed E-state index contributed by atoms with van der Waals surface area (Å²) >= 11 is 0. The highest BCUT2D eigenvalue weighted by molar-refractivity contribution is 5.68. The molecular weight excluding hydrogens is 1060 g/mol. The summed E-state index contributed by atoms with van der Waals surface area (Å²) in [4.78, 5) is 86.9. The standard InChI is InChI=1S/C67H114N6O11/c1-16-25-54(74)49(20-5)29-46(18-3)37-82-56(76)68-51-31-62(7,8)40-65(13,34-51)43-71-59(79)72(44-66(14)35-52(32-63(9,10)41-66)69-57(77)83-38-47(19-4)30-50(21-6)55(75)26-17-2)61(81)73(60(71)80)45-67(15)36-53(33-64(11,12)42-67)70-58(78)84-39-48-27-23-22-24-28-48/h22-24,27-28,46-47,49-55,74-75H,16-21,25-26,29-45H2,1-15H3,(H,68,76)(H,69,77)(H,70,78). The van der Waals surface area contributed by atoms with Crippen molar-refractivity contribution in [3.63, 3.8) is 0 Å². The first-order valence-corrected chi connectivity index (χ1v) is 32.5. The van der Waals surface area contributed by atoms with Crippen LogP contribution < -0.4 is 33.0 Å². The number of ether oxygens (including phenoxy) is 3. The van der Waals surface area contributed by atoms with Gasteiger partial charge in [-0.05, 0) is 145 Å². The summed E-state index contributed by atoms with van der Waals surface area (Å²) in [5.41, 5.74) is -4.25. The number of aliphatic hydroxyl groups is 2. The molecule has 3 amide bonds. The number of aromatic nitrogens is 3. The summed E-state index contributed by atoms with van der Waals surface area (Å²) in [5.74, 6) is 0.434. The van der Waals surface area contributed by atoms with E-state index in [0.717, 1.165) is 69.8 Å². The molecule has 0 radical (unpaired) electrons. The van der Waals surface area contributed by atoms with Gasteiger partial charge in [-0.2, -0.15) is 0 Å². The monoisotopic (exact) mass is 1180 g/mol. The highest BCUT2D eigenvalue weighted by Gasteiger charge is 2.47. The zero-order valence-electron chi connectivity index (χ0n) is 54.7. The molecule has 1 heterocycles. The Morgan fingerprint density at radius 2 is 0.821 bits per heavy atom. The van der Waals surface area contributed by atoms with Gasteiger partial charge in [0.2, 0.25) is 0 Å². The first-order valence-electron chi connectivity index (χ1n) is 32.5. The summed E-state index contributed by atoms with van der Waals surface area (Å²) < 4.78 is 21.3. The van der Waals surface area contributed by atoms with E-state index in [2.05, 4.69) is 113 Å². The largest absolute Gasteiger partial charge is 0.449 e. The molecule has 17 nitrogen and oxygen atoms in total. The van der Waals surface area contributed by atoms with Crippen molar-refractivity contribution in [2.75, 3.05) is 13.2 Å². The molecule has 0 saturated heterocycles. The van der Waals surface area contributed by atoms with Crippen LogP contribution in [0, 0.1) is 56.2 Å². The van der Waals surface area contributed by atoms with Crippen LogP contribution in [0.25, 0.3) is 0 Å². The van der Waals surface area contributed by atoms with Crippen molar-refractivity contribution >= 4 is 18.3 Å². The van der Waals surface area contributed by atoms with Crippen molar-refractivity contribution in [2.45, 2.75) is 282 Å². The molecule has 12 atom stereocenters. The third kappa shape index (κ3) is 20.8.